The predicted molar refractivity (Wildman–Crippen MR) is 174 cm³/mol. The fourth-order valence-electron chi connectivity index (χ4n) is 4.90. The molecule has 0 saturated heterocycles. The molecule has 246 valence electrons. The molecule has 0 unspecified atom stereocenters. The standard InChI is InChI=1S/C23H26N6O6.C9H16N2/c1-13-5-6-14(35-28-13)9-25-23(31)21-20-22(27-12-26-21)29(19(30)10-24-20)11-16-17(33-3)7-15(32-2)8-18(16)34-4;1-3-5-6-9-8(4-2)10-7-11-9/h6-8,12,24H,5,9-11H2,1-4H3,(H,25,31);7H,3-6H2,1-2H3,(H,10,11). The molecule has 5 rings (SSSR count). The predicted octanol–water partition coefficient (Wildman–Crippen LogP) is 4.19. The number of ether oxygens (including phenoxy) is 3. The van der Waals surface area contributed by atoms with Crippen molar-refractivity contribution < 1.29 is 28.6 Å². The van der Waals surface area contributed by atoms with Crippen molar-refractivity contribution in [2.45, 2.75) is 59.4 Å². The first-order valence-electron chi connectivity index (χ1n) is 15.2. The third-order valence-electron chi connectivity index (χ3n) is 7.44. The van der Waals surface area contributed by atoms with Crippen LogP contribution in [-0.2, 0) is 29.0 Å². The summed E-state index contributed by atoms with van der Waals surface area (Å²) >= 11 is 0. The van der Waals surface area contributed by atoms with Gasteiger partial charge >= 0.3 is 0 Å². The zero-order valence-electron chi connectivity index (χ0n) is 27.2. The van der Waals surface area contributed by atoms with E-state index in [1.54, 1.807) is 25.6 Å². The highest BCUT2D eigenvalue weighted by molar-refractivity contribution is 6.07. The number of anilines is 2. The Labute approximate surface area is 268 Å². The van der Waals surface area contributed by atoms with E-state index >= 15 is 0 Å². The normalized spacial score (nSPS) is 13.6. The largest absolute Gasteiger partial charge is 0.496 e. The van der Waals surface area contributed by atoms with Gasteiger partial charge in [-0.05, 0) is 32.3 Å². The Morgan fingerprint density at radius 2 is 1.85 bits per heavy atom. The first-order chi connectivity index (χ1) is 22.3. The van der Waals surface area contributed by atoms with Crippen LogP contribution in [0.4, 0.5) is 11.5 Å². The van der Waals surface area contributed by atoms with E-state index in [4.69, 9.17) is 19.0 Å². The Morgan fingerprint density at radius 1 is 1.09 bits per heavy atom. The minimum atomic E-state index is -0.444. The fraction of sp³-hybridized carbons (Fsp3) is 0.438. The number of hydrogen-bond acceptors (Lipinski definition) is 11. The van der Waals surface area contributed by atoms with Crippen molar-refractivity contribution >= 4 is 29.0 Å². The van der Waals surface area contributed by atoms with Crippen LogP contribution in [0, 0.1) is 0 Å². The van der Waals surface area contributed by atoms with Crippen LogP contribution in [0.5, 0.6) is 17.2 Å². The molecular weight excluding hydrogens is 592 g/mol. The summed E-state index contributed by atoms with van der Waals surface area (Å²) in [6.07, 6.45) is 10.3. The number of allylic oxidation sites excluding steroid dienone is 1. The number of H-pyrrole nitrogens is 1. The quantitative estimate of drug-likeness (QED) is 0.263. The lowest BCUT2D eigenvalue weighted by Crippen LogP contribution is -2.41. The van der Waals surface area contributed by atoms with Crippen LogP contribution >= 0.6 is 0 Å². The first kappa shape index (κ1) is 33.7. The highest BCUT2D eigenvalue weighted by Gasteiger charge is 2.31. The number of amides is 2. The Kier molecular flexibility index (Phi) is 11.9. The van der Waals surface area contributed by atoms with Crippen LogP contribution in [0.15, 0.2) is 41.8 Å². The molecule has 0 spiro atoms. The summed E-state index contributed by atoms with van der Waals surface area (Å²) in [4.78, 5) is 48.4. The molecule has 14 nitrogen and oxygen atoms in total. The van der Waals surface area contributed by atoms with E-state index in [0.717, 1.165) is 18.6 Å². The van der Waals surface area contributed by atoms with Gasteiger partial charge in [0, 0.05) is 24.2 Å². The van der Waals surface area contributed by atoms with Gasteiger partial charge in [0.05, 0.1) is 64.3 Å². The van der Waals surface area contributed by atoms with Gasteiger partial charge in [-0.3, -0.25) is 14.5 Å². The molecule has 0 bridgehead atoms. The summed E-state index contributed by atoms with van der Waals surface area (Å²) in [5, 5.41) is 9.66. The second-order valence-electron chi connectivity index (χ2n) is 10.5. The van der Waals surface area contributed by atoms with Crippen molar-refractivity contribution in [2.24, 2.45) is 5.16 Å². The number of hydrogen-bond donors (Lipinski definition) is 3. The minimum absolute atomic E-state index is 0.0380. The number of benzene rings is 1. The zero-order chi connectivity index (χ0) is 33.1. The number of nitrogens with zero attached hydrogens (tertiary/aromatic N) is 5. The Hall–Kier alpha value is -5.14. The third kappa shape index (κ3) is 8.11. The van der Waals surface area contributed by atoms with E-state index in [2.05, 4.69) is 49.6 Å². The van der Waals surface area contributed by atoms with Crippen molar-refractivity contribution in [3.8, 4) is 17.2 Å². The molecule has 46 heavy (non-hydrogen) atoms. The van der Waals surface area contributed by atoms with Gasteiger partial charge in [-0.25, -0.2) is 15.0 Å². The van der Waals surface area contributed by atoms with Gasteiger partial charge in [0.15, 0.2) is 17.3 Å². The van der Waals surface area contributed by atoms with Crippen LogP contribution in [0.1, 0.15) is 67.5 Å². The lowest BCUT2D eigenvalue weighted by Gasteiger charge is -2.30. The maximum Gasteiger partial charge on any atom is 0.272 e. The number of aryl methyl sites for hydroxylation is 2. The molecule has 3 N–H and O–H groups in total. The van der Waals surface area contributed by atoms with Crippen LogP contribution < -0.4 is 29.7 Å². The molecule has 2 aliphatic heterocycles. The first-order valence-corrected chi connectivity index (χ1v) is 15.2. The van der Waals surface area contributed by atoms with Gasteiger partial charge in [-0.15, -0.1) is 0 Å². The second kappa shape index (κ2) is 16.3. The Morgan fingerprint density at radius 3 is 2.48 bits per heavy atom. The van der Waals surface area contributed by atoms with Crippen molar-refractivity contribution in [1.82, 2.24) is 25.3 Å². The van der Waals surface area contributed by atoms with Crippen molar-refractivity contribution in [2.75, 3.05) is 44.6 Å². The lowest BCUT2D eigenvalue weighted by molar-refractivity contribution is -0.117. The smallest absolute Gasteiger partial charge is 0.272 e. The molecule has 0 fully saturated rings. The summed E-state index contributed by atoms with van der Waals surface area (Å²) < 4.78 is 16.3. The number of oxime groups is 1. The number of methoxy groups -OCH3 is 3. The lowest BCUT2D eigenvalue weighted by atomic mass is 10.1. The molecule has 0 atom stereocenters. The zero-order valence-corrected chi connectivity index (χ0v) is 27.2. The van der Waals surface area contributed by atoms with Gasteiger partial charge in [0.1, 0.15) is 29.3 Å². The van der Waals surface area contributed by atoms with Crippen molar-refractivity contribution in [3.05, 3.63) is 59.3 Å². The van der Waals surface area contributed by atoms with E-state index < -0.39 is 5.91 Å². The monoisotopic (exact) mass is 634 g/mol. The molecule has 4 heterocycles. The molecule has 0 radical (unpaired) electrons. The van der Waals surface area contributed by atoms with Gasteiger partial charge in [-0.2, -0.15) is 0 Å². The molecule has 1 aromatic carbocycles. The van der Waals surface area contributed by atoms with Gasteiger partial charge in [0.25, 0.3) is 5.91 Å². The van der Waals surface area contributed by atoms with E-state index in [0.29, 0.717) is 40.7 Å². The number of carbonyl (C=O) groups is 2. The Bertz CT molecular complexity index is 1560. The van der Waals surface area contributed by atoms with Gasteiger partial charge in [-0.1, -0.05) is 25.4 Å². The molecule has 3 aromatic rings. The van der Waals surface area contributed by atoms with Crippen LogP contribution in [0.2, 0.25) is 0 Å². The number of nitrogens with one attached hydrogen (secondary N) is 3. The molecule has 2 amide bonds. The van der Waals surface area contributed by atoms with E-state index in [-0.39, 0.29) is 37.1 Å². The minimum Gasteiger partial charge on any atom is -0.496 e. The Balaban J connectivity index is 0.000000369. The summed E-state index contributed by atoms with van der Waals surface area (Å²) in [7, 11) is 4.58. The number of carbonyl (C=O) groups excluding carboxylic acids is 2. The van der Waals surface area contributed by atoms with Crippen LogP contribution in [-0.4, -0.2) is 71.9 Å². The molecule has 2 aromatic heterocycles. The van der Waals surface area contributed by atoms with Crippen LogP contribution in [0.25, 0.3) is 0 Å². The molecule has 0 aliphatic carbocycles. The number of fused-ring (bicyclic) bond motifs is 1. The number of aromatic amines is 1. The number of rotatable bonds is 12. The number of imidazole rings is 1. The molecule has 2 aliphatic rings. The van der Waals surface area contributed by atoms with Gasteiger partial charge in [0.2, 0.25) is 5.91 Å². The number of unbranched alkanes of at least 4 members (excludes halogenated alkanes) is 1. The highest BCUT2D eigenvalue weighted by Crippen LogP contribution is 2.38. The van der Waals surface area contributed by atoms with E-state index in [9.17, 15) is 9.59 Å². The second-order valence-corrected chi connectivity index (χ2v) is 10.5. The number of aromatic nitrogens is 4. The van der Waals surface area contributed by atoms with Gasteiger partial charge < -0.3 is 34.7 Å². The molecule has 14 heteroatoms. The van der Waals surface area contributed by atoms with Crippen LogP contribution in [0.3, 0.4) is 0 Å². The maximum atomic E-state index is 12.9. The van der Waals surface area contributed by atoms with E-state index in [1.165, 1.54) is 49.7 Å². The van der Waals surface area contributed by atoms with Crippen molar-refractivity contribution in [1.29, 1.82) is 0 Å². The summed E-state index contributed by atoms with van der Waals surface area (Å²) in [6.45, 7) is 6.42. The molecule has 0 saturated carbocycles. The average Bonchev–Trinajstić information content (AvgIpc) is 3.55. The molecular formula is C32H42N8O6. The summed E-state index contributed by atoms with van der Waals surface area (Å²) in [6, 6.07) is 3.41. The SMILES string of the molecule is CCCCc1[nH]cnc1CC.COc1cc(OC)c(CN2C(=O)CNc3c(C(=O)NCC4=CCC(C)=NO4)ncnc32)c(OC)c1. The maximum absolute atomic E-state index is 12.9. The summed E-state index contributed by atoms with van der Waals surface area (Å²) in [5.41, 5.74) is 4.50. The average molecular weight is 635 g/mol. The van der Waals surface area contributed by atoms with Crippen molar-refractivity contribution in [3.63, 3.8) is 0 Å². The summed E-state index contributed by atoms with van der Waals surface area (Å²) in [5.74, 6) is 1.65. The third-order valence-corrected chi connectivity index (χ3v) is 7.44. The fourth-order valence-corrected chi connectivity index (χ4v) is 4.90. The van der Waals surface area contributed by atoms with E-state index in [1.807, 2.05) is 13.0 Å². The highest BCUT2D eigenvalue weighted by atomic mass is 16.6. The topological polar surface area (TPSA) is 165 Å².